The molecule has 1 heterocycles. The van der Waals surface area contributed by atoms with Gasteiger partial charge < -0.3 is 9.78 Å². The second-order valence-electron chi connectivity index (χ2n) is 1.30. The average molecular weight is 98.1 g/mol. The normalized spacial score (nSPS) is 18.1. The van der Waals surface area contributed by atoms with Crippen LogP contribution >= 0.6 is 0 Å². The zero-order valence-corrected chi connectivity index (χ0v) is 3.83. The largest absolute Gasteiger partial charge is 0.567 e. The minimum Gasteiger partial charge on any atom is -0.567 e. The summed E-state index contributed by atoms with van der Waals surface area (Å²) in [5.74, 6) is 0. The van der Waals surface area contributed by atoms with Gasteiger partial charge in [-0.1, -0.05) is 0 Å². The Hall–Kier alpha value is -0.760. The van der Waals surface area contributed by atoms with Crippen molar-refractivity contribution in [3.05, 3.63) is 24.5 Å². The Bertz CT molecular complexity index is 105. The van der Waals surface area contributed by atoms with Crippen molar-refractivity contribution in [3.63, 3.8) is 0 Å². The van der Waals surface area contributed by atoms with Gasteiger partial charge in [-0.3, -0.25) is 0 Å². The van der Waals surface area contributed by atoms with E-state index >= 15 is 0 Å². The smallest absolute Gasteiger partial charge is 0.228 e. The molecule has 0 atom stereocenters. The van der Waals surface area contributed by atoms with Crippen molar-refractivity contribution in [1.82, 2.24) is 0 Å². The summed E-state index contributed by atoms with van der Waals surface area (Å²) in [6, 6.07) is 0. The van der Waals surface area contributed by atoms with E-state index in [1.807, 2.05) is 6.08 Å². The fourth-order valence-corrected chi connectivity index (χ4v) is 0.418. The predicted molar refractivity (Wildman–Crippen MR) is 24.2 cm³/mol. The lowest BCUT2D eigenvalue weighted by atomic mass is 10.5. The second-order valence-corrected chi connectivity index (χ2v) is 1.30. The van der Waals surface area contributed by atoms with Crippen molar-refractivity contribution in [2.24, 2.45) is 0 Å². The van der Waals surface area contributed by atoms with Crippen LogP contribution < -0.4 is 5.26 Å². The van der Waals surface area contributed by atoms with Crippen LogP contribution in [-0.2, 0) is 4.52 Å². The highest BCUT2D eigenvalue weighted by molar-refractivity contribution is 5.03. The van der Waals surface area contributed by atoms with E-state index in [0.29, 0.717) is 6.61 Å². The summed E-state index contributed by atoms with van der Waals surface area (Å²) in [6.07, 6.45) is 6.71. The Morgan fingerprint density at radius 2 is 2.29 bits per heavy atom. The van der Waals surface area contributed by atoms with Crippen LogP contribution in [0, 0.1) is 0 Å². The summed E-state index contributed by atoms with van der Waals surface area (Å²) in [7, 11) is 0. The summed E-state index contributed by atoms with van der Waals surface area (Å²) in [5.41, 5.74) is 0. The summed E-state index contributed by atoms with van der Waals surface area (Å²) < 4.78 is 1.55. The quantitative estimate of drug-likeness (QED) is 0.307. The SMILES string of the molecule is [O-][O+]1C=CC=CC1. The molecule has 0 aromatic rings. The highest BCUT2D eigenvalue weighted by Crippen LogP contribution is 1.93. The van der Waals surface area contributed by atoms with E-state index in [1.165, 1.54) is 6.26 Å². The maximum Gasteiger partial charge on any atom is 0.228 e. The third-order valence-electron chi connectivity index (χ3n) is 0.738. The molecule has 0 N–H and O–H groups in total. The van der Waals surface area contributed by atoms with Gasteiger partial charge in [-0.05, 0) is 6.08 Å². The number of allylic oxidation sites excluding steroid dienone is 2. The van der Waals surface area contributed by atoms with Crippen LogP contribution in [0.5, 0.6) is 0 Å². The first-order valence-corrected chi connectivity index (χ1v) is 2.10. The van der Waals surface area contributed by atoms with E-state index in [4.69, 9.17) is 0 Å². The lowest BCUT2D eigenvalue weighted by Crippen LogP contribution is -2.21. The highest BCUT2D eigenvalue weighted by atomic mass is 17.2. The van der Waals surface area contributed by atoms with Gasteiger partial charge in [-0.15, -0.1) is 0 Å². The fourth-order valence-electron chi connectivity index (χ4n) is 0.418. The van der Waals surface area contributed by atoms with Crippen LogP contribution in [0.25, 0.3) is 0 Å². The van der Waals surface area contributed by atoms with Gasteiger partial charge in [0.15, 0.2) is 0 Å². The lowest BCUT2D eigenvalue weighted by Gasteiger charge is -2.19. The molecule has 0 saturated carbocycles. The number of hydrogen-bond donors (Lipinski definition) is 0. The minimum absolute atomic E-state index is 0.413. The van der Waals surface area contributed by atoms with Crippen LogP contribution in [0.1, 0.15) is 0 Å². The molecular weight excluding hydrogens is 92.1 g/mol. The lowest BCUT2D eigenvalue weighted by molar-refractivity contribution is -0.766. The minimum atomic E-state index is 0.413. The molecular formula is C5H6O2. The topological polar surface area (TPSA) is 25.8 Å². The van der Waals surface area contributed by atoms with Gasteiger partial charge in [0.25, 0.3) is 0 Å². The number of hydrogen-bond acceptors (Lipinski definition) is 1. The van der Waals surface area contributed by atoms with Gasteiger partial charge in [0.1, 0.15) is 0 Å². The average Bonchev–Trinajstić information content (AvgIpc) is 1.69. The Balaban J connectivity index is 2.49. The van der Waals surface area contributed by atoms with E-state index in [1.54, 1.807) is 16.7 Å². The molecule has 1 aliphatic rings. The Morgan fingerprint density at radius 1 is 1.43 bits per heavy atom. The van der Waals surface area contributed by atoms with E-state index in [0.717, 1.165) is 0 Å². The first-order valence-electron chi connectivity index (χ1n) is 2.10. The molecule has 0 aromatic carbocycles. The van der Waals surface area contributed by atoms with E-state index < -0.39 is 0 Å². The Labute approximate surface area is 42.0 Å². The molecule has 0 fully saturated rings. The van der Waals surface area contributed by atoms with Gasteiger partial charge in [0.2, 0.25) is 12.9 Å². The maximum atomic E-state index is 10.2. The summed E-state index contributed by atoms with van der Waals surface area (Å²) in [6.45, 7) is 0.413. The molecule has 0 radical (unpaired) electrons. The Kier molecular flexibility index (Phi) is 1.13. The molecule has 7 heavy (non-hydrogen) atoms. The third kappa shape index (κ3) is 1.05. The highest BCUT2D eigenvalue weighted by Gasteiger charge is 1.88. The molecule has 0 unspecified atom stereocenters. The van der Waals surface area contributed by atoms with Crippen molar-refractivity contribution in [2.45, 2.75) is 0 Å². The van der Waals surface area contributed by atoms with E-state index in [9.17, 15) is 5.26 Å². The standard InChI is InChI=1S/C5H6O2/c6-7-4-2-1-3-5-7/h1-4H,5H2. The monoisotopic (exact) mass is 98.0 g/mol. The predicted octanol–water partition coefficient (Wildman–Crippen LogP) is -0.103. The molecule has 2 heteroatoms. The summed E-state index contributed by atoms with van der Waals surface area (Å²) in [4.78, 5) is 0. The van der Waals surface area contributed by atoms with Gasteiger partial charge in [0, 0.05) is 12.2 Å². The van der Waals surface area contributed by atoms with Crippen LogP contribution in [0.3, 0.4) is 0 Å². The van der Waals surface area contributed by atoms with E-state index in [2.05, 4.69) is 0 Å². The van der Waals surface area contributed by atoms with Gasteiger partial charge >= 0.3 is 0 Å². The first kappa shape index (κ1) is 4.40. The number of rotatable bonds is 0. The van der Waals surface area contributed by atoms with Gasteiger partial charge in [0.05, 0.1) is 0 Å². The second kappa shape index (κ2) is 1.80. The molecule has 1 aliphatic heterocycles. The van der Waals surface area contributed by atoms with Crippen LogP contribution in [-0.4, -0.2) is 6.61 Å². The molecule has 0 bridgehead atoms. The molecule has 0 aromatic heterocycles. The van der Waals surface area contributed by atoms with Crippen LogP contribution in [0.2, 0.25) is 0 Å². The van der Waals surface area contributed by atoms with Gasteiger partial charge in [-0.25, -0.2) is 0 Å². The van der Waals surface area contributed by atoms with Gasteiger partial charge in [-0.2, -0.15) is 0 Å². The van der Waals surface area contributed by atoms with Crippen LogP contribution in [0.15, 0.2) is 24.5 Å². The molecule has 2 nitrogen and oxygen atoms in total. The van der Waals surface area contributed by atoms with Crippen molar-refractivity contribution in [2.75, 3.05) is 6.61 Å². The summed E-state index contributed by atoms with van der Waals surface area (Å²) in [5, 5.41) is 10.2. The fraction of sp³-hybridized carbons (Fsp3) is 0.200. The zero-order valence-electron chi connectivity index (χ0n) is 3.83. The van der Waals surface area contributed by atoms with E-state index in [-0.39, 0.29) is 0 Å². The molecule has 0 saturated heterocycles. The zero-order chi connectivity index (χ0) is 5.11. The maximum absolute atomic E-state index is 10.2. The van der Waals surface area contributed by atoms with Crippen molar-refractivity contribution in [1.29, 1.82) is 0 Å². The summed E-state index contributed by atoms with van der Waals surface area (Å²) >= 11 is 0. The van der Waals surface area contributed by atoms with Crippen LogP contribution in [0.4, 0.5) is 0 Å². The van der Waals surface area contributed by atoms with Crippen molar-refractivity contribution >= 4 is 0 Å². The molecule has 0 spiro atoms. The molecule has 0 amide bonds. The first-order chi connectivity index (χ1) is 3.39. The van der Waals surface area contributed by atoms with Crippen molar-refractivity contribution in [3.8, 4) is 0 Å². The third-order valence-corrected chi connectivity index (χ3v) is 0.738. The van der Waals surface area contributed by atoms with Crippen molar-refractivity contribution < 1.29 is 9.78 Å². The molecule has 1 rings (SSSR count). The molecule has 38 valence electrons. The Morgan fingerprint density at radius 3 is 2.57 bits per heavy atom. The molecule has 0 aliphatic carbocycles.